The topological polar surface area (TPSA) is 297 Å². The maximum absolute atomic E-state index is 4.72. The van der Waals surface area contributed by atoms with Crippen LogP contribution in [0.1, 0.15) is 44.5 Å². The molecule has 0 N–H and O–H groups in total. The van der Waals surface area contributed by atoms with Crippen LogP contribution >= 0.6 is 0 Å². The van der Waals surface area contributed by atoms with Gasteiger partial charge >= 0.3 is 40.8 Å². The Bertz CT molecular complexity index is 5400. The molecule has 30 heteroatoms. The second-order valence-corrected chi connectivity index (χ2v) is 27.9. The number of hydrogen-bond acceptors (Lipinski definition) is 20. The van der Waals surface area contributed by atoms with Crippen molar-refractivity contribution in [3.05, 3.63) is 410 Å². The van der Waals surface area contributed by atoms with Gasteiger partial charge < -0.3 is 0 Å². The van der Waals surface area contributed by atoms with Crippen LogP contribution in [0.25, 0.3) is 91.1 Å². The van der Waals surface area contributed by atoms with E-state index in [0.717, 1.165) is 91.1 Å². The van der Waals surface area contributed by atoms with Gasteiger partial charge in [-0.05, 0) is 93.0 Å². The molecule has 20 aromatic rings. The molecule has 8 aromatic carbocycles. The molecule has 0 aliphatic carbocycles. The molecule has 0 bridgehead atoms. The Morgan fingerprint density at radius 3 is 0.361 bits per heavy atom. The van der Waals surface area contributed by atoms with Gasteiger partial charge in [0.2, 0.25) is 0 Å². The van der Waals surface area contributed by atoms with Gasteiger partial charge in [0.05, 0.1) is 147 Å². The fraction of sp³-hybridized carbons (Fsp3) is 0.0870. The van der Waals surface area contributed by atoms with Crippen molar-refractivity contribution in [3.63, 3.8) is 0 Å². The summed E-state index contributed by atoms with van der Waals surface area (Å²) in [5.41, 5.74) is 21.2. The van der Waals surface area contributed by atoms with Crippen LogP contribution in [-0.4, -0.2) is 140 Å². The summed E-state index contributed by atoms with van der Waals surface area (Å²) in [6.07, 6.45) is 15.3. The van der Waals surface area contributed by atoms with Crippen LogP contribution < -0.4 is 0 Å². The van der Waals surface area contributed by atoms with E-state index in [1.807, 2.05) is 305 Å². The van der Waals surface area contributed by atoms with E-state index in [0.29, 0.717) is 52.4 Å². The first kappa shape index (κ1) is 81.9. The number of aromatic nitrogens is 28. The second kappa shape index (κ2) is 40.8. The minimum absolute atomic E-state index is 0. The Kier molecular flexibility index (Phi) is 27.4. The first-order chi connectivity index (χ1) is 59.3. The van der Waals surface area contributed by atoms with E-state index in [2.05, 4.69) is 180 Å². The Morgan fingerprint density at radius 1 is 0.131 bits per heavy atom. The molecule has 12 heterocycles. The quantitative estimate of drug-likeness (QED) is 0.0508. The predicted octanol–water partition coefficient (Wildman–Crippen LogP) is 14.8. The molecule has 28 nitrogen and oxygen atoms in total. The molecule has 0 saturated carbocycles. The molecule has 20 rings (SSSR count). The number of hydrogen-bond donors (Lipinski definition) is 0. The van der Waals surface area contributed by atoms with Crippen molar-refractivity contribution >= 4 is 0 Å². The van der Waals surface area contributed by atoms with Crippen LogP contribution in [0.3, 0.4) is 0 Å². The number of benzene rings is 8. The van der Waals surface area contributed by atoms with Crippen molar-refractivity contribution in [1.82, 2.24) is 140 Å². The van der Waals surface area contributed by atoms with Crippen molar-refractivity contribution in [2.75, 3.05) is 0 Å². The van der Waals surface area contributed by atoms with Gasteiger partial charge in [0.15, 0.2) is 0 Å². The molecule has 0 fully saturated rings. The van der Waals surface area contributed by atoms with Crippen molar-refractivity contribution in [2.45, 2.75) is 52.4 Å². The van der Waals surface area contributed by atoms with Crippen LogP contribution in [-0.2, 0) is 93.2 Å². The third-order valence-electron chi connectivity index (χ3n) is 18.9. The van der Waals surface area contributed by atoms with Gasteiger partial charge in [0.25, 0.3) is 0 Å². The largest absolute Gasteiger partial charge is 2.00 e. The van der Waals surface area contributed by atoms with Crippen LogP contribution in [0, 0.1) is 0 Å². The van der Waals surface area contributed by atoms with Gasteiger partial charge in [-0.15, -0.1) is 40.8 Å². The van der Waals surface area contributed by atoms with Gasteiger partial charge in [-0.25, -0.2) is 57.4 Å². The molecule has 0 radical (unpaired) electrons. The third-order valence-corrected chi connectivity index (χ3v) is 18.9. The first-order valence-corrected chi connectivity index (χ1v) is 38.8. The second-order valence-electron chi connectivity index (χ2n) is 27.9. The fourth-order valence-electron chi connectivity index (χ4n) is 13.0. The van der Waals surface area contributed by atoms with Crippen LogP contribution in [0.4, 0.5) is 0 Å². The van der Waals surface area contributed by atoms with E-state index >= 15 is 0 Å². The van der Waals surface area contributed by atoms with E-state index in [9.17, 15) is 0 Å². The Labute approximate surface area is 728 Å². The van der Waals surface area contributed by atoms with E-state index in [1.54, 1.807) is 0 Å². The standard InChI is InChI=1S/4C23H19N7.2Pd/c4*1-3-8-18(9-4-1)14-29-16-22(25-27-29)20-12-7-13-21(24-20)23-17-30(28-26-23)15-19-10-5-2-6-11-19;;/h4*1-13,16-17H,14-15H2;;/q;;;;2*+2. The van der Waals surface area contributed by atoms with E-state index in [-0.39, 0.29) is 40.8 Å². The summed E-state index contributed by atoms with van der Waals surface area (Å²) >= 11 is 0. The average Bonchev–Trinajstić information content (AvgIpc) is 1.70. The van der Waals surface area contributed by atoms with Gasteiger partial charge in [0, 0.05) is 0 Å². The predicted molar refractivity (Wildman–Crippen MR) is 453 cm³/mol. The number of rotatable bonds is 24. The molecule has 0 atom stereocenters. The van der Waals surface area contributed by atoms with Crippen molar-refractivity contribution in [1.29, 1.82) is 0 Å². The molecule has 0 unspecified atom stereocenters. The summed E-state index contributed by atoms with van der Waals surface area (Å²) in [5, 5.41) is 68.2. The van der Waals surface area contributed by atoms with Crippen LogP contribution in [0.2, 0.25) is 0 Å². The minimum atomic E-state index is 0. The molecular formula is C92H76N28Pd2+4. The Balaban J connectivity index is 0.000000126. The van der Waals surface area contributed by atoms with E-state index < -0.39 is 0 Å². The maximum Gasteiger partial charge on any atom is 2.00 e. The zero-order valence-electron chi connectivity index (χ0n) is 65.5. The monoisotopic (exact) mass is 1780 g/mol. The average molecular weight is 1790 g/mol. The molecule has 0 saturated heterocycles. The Morgan fingerprint density at radius 2 is 0.246 bits per heavy atom. The summed E-state index contributed by atoms with van der Waals surface area (Å²) in [5.74, 6) is 0. The fourth-order valence-corrected chi connectivity index (χ4v) is 13.0. The zero-order chi connectivity index (χ0) is 80.7. The molecule has 600 valence electrons. The summed E-state index contributed by atoms with van der Waals surface area (Å²) in [6, 6.07) is 105. The van der Waals surface area contributed by atoms with E-state index in [4.69, 9.17) is 19.9 Å². The molecule has 0 aliphatic rings. The Hall–Kier alpha value is -15.2. The van der Waals surface area contributed by atoms with Gasteiger partial charge in [0.1, 0.15) is 45.6 Å². The van der Waals surface area contributed by atoms with E-state index in [1.165, 1.54) is 44.5 Å². The molecule has 122 heavy (non-hydrogen) atoms. The zero-order valence-corrected chi connectivity index (χ0v) is 68.6. The molecule has 0 aliphatic heterocycles. The van der Waals surface area contributed by atoms with Gasteiger partial charge in [-0.1, -0.05) is 309 Å². The van der Waals surface area contributed by atoms with Crippen molar-refractivity contribution in [2.24, 2.45) is 0 Å². The minimum Gasteiger partial charge on any atom is -0.247 e. The summed E-state index contributed by atoms with van der Waals surface area (Å²) in [4.78, 5) is 18.9. The SMILES string of the molecule is [Pd+2].[Pd+2].c1ccc(Cn2cc(-c3cccc(-c4cn(Cc5ccccc5)nn4)n3)nn2)cc1.c1ccc(Cn2cc(-c3cccc(-c4cn(Cc5ccccc5)nn4)n3)nn2)cc1.c1ccc(Cn2cc(-c3cccc(-c4cn(Cc5ccccc5)nn4)n3)nn2)cc1.c1ccc(Cn2cc(-c3cccc(-c4cn(Cc5ccccc5)nn4)n3)nn2)cc1. The summed E-state index contributed by atoms with van der Waals surface area (Å²) in [6.45, 7) is 5.34. The maximum atomic E-state index is 4.72. The third kappa shape index (κ3) is 22.3. The van der Waals surface area contributed by atoms with Gasteiger partial charge in [-0.2, -0.15) is 0 Å². The number of pyridine rings is 4. The molecule has 0 amide bonds. The summed E-state index contributed by atoms with van der Waals surface area (Å²) < 4.78 is 14.5. The van der Waals surface area contributed by atoms with Crippen LogP contribution in [0.15, 0.2) is 365 Å². The molecule has 0 spiro atoms. The first-order valence-electron chi connectivity index (χ1n) is 38.8. The van der Waals surface area contributed by atoms with Crippen molar-refractivity contribution in [3.8, 4) is 91.1 Å². The van der Waals surface area contributed by atoms with Gasteiger partial charge in [-0.3, -0.25) is 0 Å². The summed E-state index contributed by atoms with van der Waals surface area (Å²) in [7, 11) is 0. The van der Waals surface area contributed by atoms with Crippen molar-refractivity contribution < 1.29 is 40.8 Å². The molecular weight excluding hydrogens is 1710 g/mol. The normalized spacial score (nSPS) is 10.8. The molecule has 12 aromatic heterocycles. The number of nitrogens with zero attached hydrogens (tertiary/aromatic N) is 28. The van der Waals surface area contributed by atoms with Crippen LogP contribution in [0.5, 0.6) is 0 Å². The smallest absolute Gasteiger partial charge is 0.247 e.